The molecule has 0 aromatic heterocycles. The first-order chi connectivity index (χ1) is 19.2. The van der Waals surface area contributed by atoms with Gasteiger partial charge in [-0.25, -0.2) is 4.79 Å². The number of aromatic hydroxyl groups is 2. The van der Waals surface area contributed by atoms with Gasteiger partial charge in [-0.2, -0.15) is 0 Å². The van der Waals surface area contributed by atoms with Crippen molar-refractivity contribution >= 4 is 35.6 Å². The highest BCUT2D eigenvalue weighted by molar-refractivity contribution is 5.95. The van der Waals surface area contributed by atoms with Crippen LogP contribution >= 0.6 is 0 Å². The van der Waals surface area contributed by atoms with Crippen molar-refractivity contribution in [2.75, 3.05) is 0 Å². The Morgan fingerprint density at radius 3 is 1.39 bits per heavy atom. The number of amides is 4. The molecular weight excluding hydrogens is 542 g/mol. The Bertz CT molecular complexity index is 1270. The quantitative estimate of drug-likeness (QED) is 0.113. The van der Waals surface area contributed by atoms with Gasteiger partial charge in [-0.1, -0.05) is 24.3 Å². The normalized spacial score (nSPS) is 13.6. The number of hydrogen-bond acceptors (Lipinski definition) is 9. The molecule has 0 aliphatic heterocycles. The molecule has 2 aromatic rings. The van der Waals surface area contributed by atoms with Crippen molar-refractivity contribution in [3.05, 3.63) is 59.7 Å². The largest absolute Gasteiger partial charge is 0.508 e. The molecule has 4 unspecified atom stereocenters. The Hall–Kier alpha value is -5.18. The van der Waals surface area contributed by atoms with Crippen molar-refractivity contribution in [3.8, 4) is 11.5 Å². The summed E-state index contributed by atoms with van der Waals surface area (Å²) in [5, 5.41) is 44.4. The second kappa shape index (κ2) is 14.8. The average Bonchev–Trinajstić information content (AvgIpc) is 2.89. The van der Waals surface area contributed by atoms with Crippen LogP contribution in [-0.2, 0) is 41.6 Å². The van der Waals surface area contributed by atoms with E-state index >= 15 is 0 Å². The molecule has 0 spiro atoms. The molecule has 0 aliphatic carbocycles. The molecule has 0 radical (unpaired) electrons. The van der Waals surface area contributed by atoms with Gasteiger partial charge in [0.1, 0.15) is 29.6 Å². The van der Waals surface area contributed by atoms with E-state index in [-0.39, 0.29) is 24.3 Å². The molecule has 15 nitrogen and oxygen atoms in total. The van der Waals surface area contributed by atoms with E-state index in [9.17, 15) is 44.1 Å². The Balaban J connectivity index is 2.35. The van der Waals surface area contributed by atoms with Gasteiger partial charge >= 0.3 is 11.9 Å². The smallest absolute Gasteiger partial charge is 0.326 e. The lowest BCUT2D eigenvalue weighted by atomic mass is 10.0. The number of primary amides is 1. The number of carboxylic acid groups (broad SMARTS) is 2. The molecule has 15 heteroatoms. The van der Waals surface area contributed by atoms with Gasteiger partial charge in [-0.3, -0.25) is 24.0 Å². The summed E-state index contributed by atoms with van der Waals surface area (Å²) < 4.78 is 0. The molecule has 0 aliphatic rings. The molecular formula is C26H31N5O10. The summed E-state index contributed by atoms with van der Waals surface area (Å²) in [4.78, 5) is 72.9. The number of rotatable bonds is 15. The highest BCUT2D eigenvalue weighted by Gasteiger charge is 2.31. The molecule has 11 N–H and O–H groups in total. The first-order valence-electron chi connectivity index (χ1n) is 12.2. The Kier molecular flexibility index (Phi) is 11.6. The van der Waals surface area contributed by atoms with Crippen molar-refractivity contribution in [1.82, 2.24) is 16.0 Å². The third-order valence-electron chi connectivity index (χ3n) is 5.77. The maximum Gasteiger partial charge on any atom is 0.326 e. The van der Waals surface area contributed by atoms with Gasteiger partial charge in [0.05, 0.1) is 18.9 Å². The lowest BCUT2D eigenvalue weighted by Gasteiger charge is -2.25. The standard InChI is InChI=1S/C26H31N5O10/c27-17(11-21(28)34)23(37)29-18(9-13-1-5-15(32)6-2-13)24(38)30-19(10-14-3-7-16(33)8-4-14)25(39)31-20(26(40)41)12-22(35)36/h1-8,17-20,32-33H,9-12,27H2,(H2,28,34)(H,29,37)(H,30,38)(H,31,39)(H,35,36)(H,40,41). The predicted molar refractivity (Wildman–Crippen MR) is 141 cm³/mol. The SMILES string of the molecule is NC(=O)CC(N)C(=O)NC(Cc1ccc(O)cc1)C(=O)NC(Cc1ccc(O)cc1)C(=O)NC(CC(=O)O)C(=O)O. The van der Waals surface area contributed by atoms with Crippen LogP contribution in [0, 0.1) is 0 Å². The maximum absolute atomic E-state index is 13.4. The molecule has 0 saturated heterocycles. The highest BCUT2D eigenvalue weighted by atomic mass is 16.4. The van der Waals surface area contributed by atoms with E-state index in [0.29, 0.717) is 11.1 Å². The van der Waals surface area contributed by atoms with E-state index in [1.807, 2.05) is 0 Å². The Labute approximate surface area is 233 Å². The second-order valence-electron chi connectivity index (χ2n) is 9.14. The van der Waals surface area contributed by atoms with E-state index in [0.717, 1.165) is 0 Å². The van der Waals surface area contributed by atoms with Gasteiger partial charge in [0, 0.05) is 12.8 Å². The van der Waals surface area contributed by atoms with Crippen LogP contribution in [0.4, 0.5) is 0 Å². The van der Waals surface area contributed by atoms with Crippen LogP contribution in [-0.4, -0.2) is 80.2 Å². The fourth-order valence-electron chi connectivity index (χ4n) is 3.66. The number of carboxylic acids is 2. The number of aliphatic carboxylic acids is 2. The minimum Gasteiger partial charge on any atom is -0.508 e. The second-order valence-corrected chi connectivity index (χ2v) is 9.14. The number of nitrogens with one attached hydrogen (secondary N) is 3. The van der Waals surface area contributed by atoms with Gasteiger partial charge in [-0.05, 0) is 35.4 Å². The van der Waals surface area contributed by atoms with Crippen molar-refractivity contribution in [2.24, 2.45) is 11.5 Å². The first-order valence-corrected chi connectivity index (χ1v) is 12.2. The summed E-state index contributed by atoms with van der Waals surface area (Å²) in [5.41, 5.74) is 11.7. The number of nitrogens with two attached hydrogens (primary N) is 2. The number of benzene rings is 2. The molecule has 0 fully saturated rings. The fraction of sp³-hybridized carbons (Fsp3) is 0.308. The molecule has 0 heterocycles. The van der Waals surface area contributed by atoms with E-state index in [1.54, 1.807) is 0 Å². The summed E-state index contributed by atoms with van der Waals surface area (Å²) in [5.74, 6) is -6.90. The minimum absolute atomic E-state index is 0.0535. The van der Waals surface area contributed by atoms with Gasteiger partial charge in [0.15, 0.2) is 0 Å². The van der Waals surface area contributed by atoms with Crippen LogP contribution in [0.15, 0.2) is 48.5 Å². The van der Waals surface area contributed by atoms with Crippen LogP contribution in [0.2, 0.25) is 0 Å². The van der Waals surface area contributed by atoms with Crippen molar-refractivity contribution < 1.29 is 49.2 Å². The molecule has 0 saturated carbocycles. The lowest BCUT2D eigenvalue weighted by Crippen LogP contribution is -2.58. The summed E-state index contributed by atoms with van der Waals surface area (Å²) in [6.45, 7) is 0. The van der Waals surface area contributed by atoms with Crippen LogP contribution in [0.5, 0.6) is 11.5 Å². The van der Waals surface area contributed by atoms with Gasteiger partial charge < -0.3 is 47.8 Å². The van der Waals surface area contributed by atoms with E-state index < -0.39 is 72.6 Å². The molecule has 4 amide bonds. The number of carbonyl (C=O) groups excluding carboxylic acids is 4. The summed E-state index contributed by atoms with van der Waals surface area (Å²) >= 11 is 0. The van der Waals surface area contributed by atoms with E-state index in [1.165, 1.54) is 48.5 Å². The van der Waals surface area contributed by atoms with Crippen molar-refractivity contribution in [3.63, 3.8) is 0 Å². The van der Waals surface area contributed by atoms with Gasteiger partial charge in [0.25, 0.3) is 0 Å². The summed E-state index contributed by atoms with van der Waals surface area (Å²) in [7, 11) is 0. The number of phenols is 2. The predicted octanol–water partition coefficient (Wildman–Crippen LogP) is -1.90. The van der Waals surface area contributed by atoms with Crippen molar-refractivity contribution in [1.29, 1.82) is 0 Å². The van der Waals surface area contributed by atoms with E-state index in [2.05, 4.69) is 16.0 Å². The van der Waals surface area contributed by atoms with Crippen LogP contribution in [0.1, 0.15) is 24.0 Å². The van der Waals surface area contributed by atoms with Crippen LogP contribution < -0.4 is 27.4 Å². The molecule has 41 heavy (non-hydrogen) atoms. The Morgan fingerprint density at radius 1 is 0.634 bits per heavy atom. The Morgan fingerprint density at radius 2 is 1.02 bits per heavy atom. The first kappa shape index (κ1) is 32.0. The van der Waals surface area contributed by atoms with E-state index in [4.69, 9.17) is 16.6 Å². The third kappa shape index (κ3) is 10.8. The number of phenolic OH excluding ortho intramolecular Hbond substituents is 2. The molecule has 0 bridgehead atoms. The van der Waals surface area contributed by atoms with Gasteiger partial charge in [0.2, 0.25) is 23.6 Å². The molecule has 220 valence electrons. The maximum atomic E-state index is 13.4. The monoisotopic (exact) mass is 573 g/mol. The average molecular weight is 574 g/mol. The number of carbonyl (C=O) groups is 6. The molecule has 4 atom stereocenters. The lowest BCUT2D eigenvalue weighted by molar-refractivity contribution is -0.147. The summed E-state index contributed by atoms with van der Waals surface area (Å²) in [6.07, 6.45) is -1.80. The summed E-state index contributed by atoms with van der Waals surface area (Å²) in [6, 6.07) is 5.19. The zero-order valence-corrected chi connectivity index (χ0v) is 21.6. The van der Waals surface area contributed by atoms with Crippen LogP contribution in [0.3, 0.4) is 0 Å². The topological polar surface area (TPSA) is 271 Å². The zero-order valence-electron chi connectivity index (χ0n) is 21.6. The minimum atomic E-state index is -1.81. The van der Waals surface area contributed by atoms with Crippen LogP contribution in [0.25, 0.3) is 0 Å². The fourth-order valence-corrected chi connectivity index (χ4v) is 3.66. The van der Waals surface area contributed by atoms with Crippen molar-refractivity contribution in [2.45, 2.75) is 49.9 Å². The molecule has 2 aromatic carbocycles. The molecule has 2 rings (SSSR count). The van der Waals surface area contributed by atoms with Gasteiger partial charge in [-0.15, -0.1) is 0 Å². The highest BCUT2D eigenvalue weighted by Crippen LogP contribution is 2.14. The zero-order chi connectivity index (χ0) is 30.7. The third-order valence-corrected chi connectivity index (χ3v) is 5.77. The number of hydrogen-bond donors (Lipinski definition) is 9.